The second-order valence-electron chi connectivity index (χ2n) is 5.74. The average molecular weight is 334 g/mol. The number of nitrogens with one attached hydrogen (secondary N) is 1. The second kappa shape index (κ2) is 7.09. The van der Waals surface area contributed by atoms with Crippen LogP contribution in [0.5, 0.6) is 0 Å². The highest BCUT2D eigenvalue weighted by Gasteiger charge is 2.15. The molecule has 25 heavy (non-hydrogen) atoms. The van der Waals surface area contributed by atoms with Gasteiger partial charge in [-0.1, -0.05) is 55.5 Å². The number of aromatic nitrogens is 2. The second-order valence-corrected chi connectivity index (χ2v) is 5.74. The molecule has 3 rings (SSSR count). The molecule has 0 saturated carbocycles. The number of carbonyl (C=O) groups excluding carboxylic acids is 1. The van der Waals surface area contributed by atoms with Gasteiger partial charge in [0.05, 0.1) is 5.39 Å². The fourth-order valence-corrected chi connectivity index (χ4v) is 2.57. The van der Waals surface area contributed by atoms with Gasteiger partial charge in [-0.2, -0.15) is 10.2 Å². The van der Waals surface area contributed by atoms with Gasteiger partial charge in [0.2, 0.25) is 0 Å². The summed E-state index contributed by atoms with van der Waals surface area (Å²) < 4.78 is 1.16. The minimum absolute atomic E-state index is 0.0614. The summed E-state index contributed by atoms with van der Waals surface area (Å²) in [6.45, 7) is 1.99. The van der Waals surface area contributed by atoms with Crippen LogP contribution < -0.4 is 11.0 Å². The summed E-state index contributed by atoms with van der Waals surface area (Å²) in [5.41, 5.74) is 3.52. The van der Waals surface area contributed by atoms with Crippen molar-refractivity contribution in [2.75, 3.05) is 0 Å². The molecule has 0 radical (unpaired) electrons. The summed E-state index contributed by atoms with van der Waals surface area (Å²) in [4.78, 5) is 24.5. The summed E-state index contributed by atoms with van der Waals surface area (Å²) >= 11 is 0. The molecule has 0 spiro atoms. The molecular weight excluding hydrogens is 316 g/mol. The van der Waals surface area contributed by atoms with Crippen LogP contribution >= 0.6 is 0 Å². The Morgan fingerprint density at radius 1 is 1.12 bits per heavy atom. The number of benzene rings is 2. The lowest BCUT2D eigenvalue weighted by molar-refractivity contribution is 0.0949. The molecule has 6 heteroatoms. The predicted octanol–water partition coefficient (Wildman–Crippen LogP) is 2.45. The first-order chi connectivity index (χ1) is 12.1. The zero-order chi connectivity index (χ0) is 17.8. The van der Waals surface area contributed by atoms with E-state index in [1.165, 1.54) is 7.05 Å². The number of amides is 1. The fourth-order valence-electron chi connectivity index (χ4n) is 2.57. The maximum absolute atomic E-state index is 12.4. The van der Waals surface area contributed by atoms with E-state index in [0.717, 1.165) is 10.2 Å². The first kappa shape index (κ1) is 16.6. The Hall–Kier alpha value is -3.28. The van der Waals surface area contributed by atoms with E-state index in [9.17, 15) is 9.59 Å². The van der Waals surface area contributed by atoms with Gasteiger partial charge in [-0.25, -0.2) is 10.1 Å². The van der Waals surface area contributed by atoms with Crippen molar-refractivity contribution in [2.45, 2.75) is 12.8 Å². The van der Waals surface area contributed by atoms with Crippen LogP contribution in [0.3, 0.4) is 0 Å². The minimum atomic E-state index is -0.455. The number of hydrogen-bond donors (Lipinski definition) is 1. The fraction of sp³-hybridized carbons (Fsp3) is 0.158. The monoisotopic (exact) mass is 334 g/mol. The molecule has 0 aliphatic carbocycles. The van der Waals surface area contributed by atoms with Gasteiger partial charge in [0.15, 0.2) is 5.69 Å². The average Bonchev–Trinajstić information content (AvgIpc) is 2.65. The van der Waals surface area contributed by atoms with Gasteiger partial charge in [0.25, 0.3) is 11.5 Å². The van der Waals surface area contributed by atoms with Crippen molar-refractivity contribution in [3.8, 4) is 0 Å². The number of fused-ring (bicyclic) bond motifs is 1. The highest BCUT2D eigenvalue weighted by Crippen LogP contribution is 2.13. The van der Waals surface area contributed by atoms with Crippen LogP contribution in [-0.4, -0.2) is 21.9 Å². The standard InChI is InChI=1S/C19H18N4O2/c1-13(14-8-4-3-5-9-14)12-20-21-18(24)17-15-10-6-7-11-16(15)19(25)23(2)22-17/h3-13H,1-2H3,(H,21,24)/b20-12-/t13-/m0/s1. The minimum Gasteiger partial charge on any atom is -0.267 e. The van der Waals surface area contributed by atoms with Crippen molar-refractivity contribution in [1.29, 1.82) is 0 Å². The number of rotatable bonds is 4. The summed E-state index contributed by atoms with van der Waals surface area (Å²) in [6, 6.07) is 16.8. The van der Waals surface area contributed by atoms with Crippen LogP contribution in [0.4, 0.5) is 0 Å². The van der Waals surface area contributed by atoms with Crippen LogP contribution in [-0.2, 0) is 7.05 Å². The van der Waals surface area contributed by atoms with Crippen molar-refractivity contribution in [3.63, 3.8) is 0 Å². The lowest BCUT2D eigenvalue weighted by Gasteiger charge is -2.07. The third-order valence-corrected chi connectivity index (χ3v) is 3.96. The number of nitrogens with zero attached hydrogens (tertiary/aromatic N) is 3. The Kier molecular flexibility index (Phi) is 4.70. The molecular formula is C19H18N4O2. The topological polar surface area (TPSA) is 76.3 Å². The van der Waals surface area contributed by atoms with Gasteiger partial charge < -0.3 is 0 Å². The first-order valence-electron chi connectivity index (χ1n) is 7.92. The Morgan fingerprint density at radius 3 is 2.48 bits per heavy atom. The predicted molar refractivity (Wildman–Crippen MR) is 97.8 cm³/mol. The lowest BCUT2D eigenvalue weighted by atomic mass is 10.0. The summed E-state index contributed by atoms with van der Waals surface area (Å²) in [7, 11) is 1.52. The van der Waals surface area contributed by atoms with Gasteiger partial charge in [0, 0.05) is 24.6 Å². The molecule has 0 saturated heterocycles. The van der Waals surface area contributed by atoms with Crippen molar-refractivity contribution in [3.05, 3.63) is 76.2 Å². The number of hydrazone groups is 1. The smallest absolute Gasteiger partial charge is 0.267 e. The molecule has 0 aliphatic heterocycles. The normalized spacial score (nSPS) is 12.4. The van der Waals surface area contributed by atoms with Crippen LogP contribution in [0.15, 0.2) is 64.5 Å². The molecule has 0 aliphatic rings. The van der Waals surface area contributed by atoms with Crippen LogP contribution in [0.2, 0.25) is 0 Å². The highest BCUT2D eigenvalue weighted by molar-refractivity contribution is 6.04. The Labute approximate surface area is 144 Å². The van der Waals surface area contributed by atoms with E-state index >= 15 is 0 Å². The highest BCUT2D eigenvalue weighted by atomic mass is 16.2. The molecule has 0 bridgehead atoms. The van der Waals surface area contributed by atoms with Gasteiger partial charge in [0.1, 0.15) is 0 Å². The molecule has 1 heterocycles. The van der Waals surface area contributed by atoms with E-state index in [1.54, 1.807) is 30.5 Å². The van der Waals surface area contributed by atoms with Crippen LogP contribution in [0.25, 0.3) is 10.8 Å². The molecule has 126 valence electrons. The van der Waals surface area contributed by atoms with Crippen molar-refractivity contribution in [1.82, 2.24) is 15.2 Å². The molecule has 6 nitrogen and oxygen atoms in total. The summed E-state index contributed by atoms with van der Waals surface area (Å²) in [6.07, 6.45) is 1.66. The lowest BCUT2D eigenvalue weighted by Crippen LogP contribution is -2.27. The molecule has 0 unspecified atom stereocenters. The van der Waals surface area contributed by atoms with Crippen LogP contribution in [0.1, 0.15) is 28.9 Å². The van der Waals surface area contributed by atoms with E-state index in [0.29, 0.717) is 10.8 Å². The molecule has 3 aromatic rings. The van der Waals surface area contributed by atoms with Crippen molar-refractivity contribution >= 4 is 22.9 Å². The summed E-state index contributed by atoms with van der Waals surface area (Å²) in [5, 5.41) is 9.07. The number of hydrogen-bond acceptors (Lipinski definition) is 4. The quantitative estimate of drug-likeness (QED) is 0.588. The van der Waals surface area contributed by atoms with Crippen molar-refractivity contribution in [2.24, 2.45) is 12.1 Å². The van der Waals surface area contributed by atoms with E-state index in [-0.39, 0.29) is 17.2 Å². The molecule has 1 amide bonds. The Morgan fingerprint density at radius 2 is 1.76 bits per heavy atom. The Bertz CT molecular complexity index is 993. The van der Waals surface area contributed by atoms with Crippen LogP contribution in [0, 0.1) is 0 Å². The van der Waals surface area contributed by atoms with E-state index in [2.05, 4.69) is 15.6 Å². The molecule has 0 fully saturated rings. The largest absolute Gasteiger partial charge is 0.292 e. The zero-order valence-electron chi connectivity index (χ0n) is 14.0. The third kappa shape index (κ3) is 3.47. The van der Waals surface area contributed by atoms with Gasteiger partial charge >= 0.3 is 0 Å². The van der Waals surface area contributed by atoms with Gasteiger partial charge in [-0.3, -0.25) is 9.59 Å². The Balaban J connectivity index is 1.83. The first-order valence-corrected chi connectivity index (χ1v) is 7.92. The third-order valence-electron chi connectivity index (χ3n) is 3.96. The molecule has 2 aromatic carbocycles. The maximum atomic E-state index is 12.4. The van der Waals surface area contributed by atoms with E-state index in [1.807, 2.05) is 37.3 Å². The van der Waals surface area contributed by atoms with E-state index < -0.39 is 5.91 Å². The molecule has 1 N–H and O–H groups in total. The number of carbonyl (C=O) groups is 1. The summed E-state index contributed by atoms with van der Waals surface area (Å²) in [5.74, 6) is -0.394. The van der Waals surface area contributed by atoms with Gasteiger partial charge in [-0.15, -0.1) is 0 Å². The maximum Gasteiger partial charge on any atom is 0.292 e. The number of aryl methyl sites for hydroxylation is 1. The van der Waals surface area contributed by atoms with E-state index in [4.69, 9.17) is 0 Å². The molecule has 1 aromatic heterocycles. The zero-order valence-corrected chi connectivity index (χ0v) is 14.0. The SMILES string of the molecule is C[C@@H](/C=N\NC(=O)c1nn(C)c(=O)c2ccccc12)c1ccccc1. The van der Waals surface area contributed by atoms with Crippen molar-refractivity contribution < 1.29 is 4.79 Å². The molecule has 1 atom stereocenters. The van der Waals surface area contributed by atoms with Gasteiger partial charge in [-0.05, 0) is 11.6 Å².